The zero-order valence-electron chi connectivity index (χ0n) is 16.4. The molecule has 1 aliphatic rings. The van der Waals surface area contributed by atoms with Gasteiger partial charge in [-0.2, -0.15) is 4.98 Å². The second-order valence-corrected chi connectivity index (χ2v) is 7.84. The molecule has 0 aliphatic carbocycles. The number of nitrogen functional groups attached to an aromatic ring is 1. The van der Waals surface area contributed by atoms with Gasteiger partial charge in [-0.15, -0.1) is 11.3 Å². The highest BCUT2D eigenvalue weighted by molar-refractivity contribution is 7.17. The third-order valence-electron chi connectivity index (χ3n) is 5.22. The molecule has 10 heteroatoms. The monoisotopic (exact) mass is 426 g/mol. The van der Waals surface area contributed by atoms with Crippen LogP contribution < -0.4 is 16.0 Å². The van der Waals surface area contributed by atoms with Gasteiger partial charge in [0.25, 0.3) is 0 Å². The van der Waals surface area contributed by atoms with Gasteiger partial charge in [0.05, 0.1) is 10.9 Å². The molecule has 0 bridgehead atoms. The molecule has 30 heavy (non-hydrogen) atoms. The van der Waals surface area contributed by atoms with Crippen molar-refractivity contribution < 1.29 is 14.7 Å². The number of hydrogen-bond acceptors (Lipinski definition) is 8. The molecule has 0 radical (unpaired) electrons. The summed E-state index contributed by atoms with van der Waals surface area (Å²) in [6.45, 7) is 2.05. The number of likely N-dealkylation sites (N-methyl/N-ethyl adjacent to an activating group) is 1. The van der Waals surface area contributed by atoms with Crippen molar-refractivity contribution in [3.8, 4) is 0 Å². The van der Waals surface area contributed by atoms with Gasteiger partial charge in [0.1, 0.15) is 16.7 Å². The minimum absolute atomic E-state index is 0.0115. The van der Waals surface area contributed by atoms with E-state index in [1.165, 1.54) is 11.3 Å². The molecule has 0 spiro atoms. The average molecular weight is 427 g/mol. The zero-order valence-corrected chi connectivity index (χ0v) is 17.2. The number of hydrogen-bond donors (Lipinski definition) is 3. The third-order valence-corrected chi connectivity index (χ3v) is 6.09. The number of carbonyl (C=O) groups is 2. The molecule has 4 N–H and O–H groups in total. The highest BCUT2D eigenvalue weighted by Crippen LogP contribution is 2.33. The Labute approximate surface area is 177 Å². The highest BCUT2D eigenvalue weighted by atomic mass is 32.1. The molecule has 1 amide bonds. The Hall–Kier alpha value is -3.24. The number of aromatic carboxylic acids is 1. The molecule has 1 unspecified atom stereocenters. The lowest BCUT2D eigenvalue weighted by Crippen LogP contribution is -2.51. The van der Waals surface area contributed by atoms with Crippen LogP contribution in [0.15, 0.2) is 35.7 Å². The summed E-state index contributed by atoms with van der Waals surface area (Å²) >= 11 is 1.23. The maximum absolute atomic E-state index is 13.1. The SMILES string of the molecule is CNC(C(=O)N1CCN(c2nc(N)nc3scc(C(=O)O)c23)CC1)c1ccccc1. The van der Waals surface area contributed by atoms with Crippen LogP contribution in [0.5, 0.6) is 0 Å². The number of nitrogens with two attached hydrogens (primary N) is 1. The Morgan fingerprint density at radius 1 is 1.17 bits per heavy atom. The standard InChI is InChI=1S/C20H22N6O3S/c1-22-15(12-5-3-2-4-6-12)18(27)26-9-7-25(8-10-26)16-14-13(19(28)29)11-30-17(14)24-20(21)23-16/h2-6,11,15,22H,7-10H2,1H3,(H,28,29)(H2,21,23,24). The maximum atomic E-state index is 13.1. The number of aromatic nitrogens is 2. The van der Waals surface area contributed by atoms with Gasteiger partial charge in [-0.1, -0.05) is 30.3 Å². The zero-order chi connectivity index (χ0) is 21.3. The number of amides is 1. The molecule has 1 atom stereocenters. The van der Waals surface area contributed by atoms with Crippen LogP contribution >= 0.6 is 11.3 Å². The number of benzene rings is 1. The number of anilines is 2. The number of fused-ring (bicyclic) bond motifs is 1. The van der Waals surface area contributed by atoms with E-state index in [1.807, 2.05) is 40.1 Å². The van der Waals surface area contributed by atoms with E-state index in [-0.39, 0.29) is 17.4 Å². The number of nitrogens with zero attached hydrogens (tertiary/aromatic N) is 4. The smallest absolute Gasteiger partial charge is 0.337 e. The quantitative estimate of drug-likeness (QED) is 0.562. The summed E-state index contributed by atoms with van der Waals surface area (Å²) < 4.78 is 0. The molecular formula is C20H22N6O3S. The summed E-state index contributed by atoms with van der Waals surface area (Å²) in [5.74, 6) is -0.396. The summed E-state index contributed by atoms with van der Waals surface area (Å²) in [5.41, 5.74) is 6.94. The van der Waals surface area contributed by atoms with E-state index >= 15 is 0 Å². The number of carboxylic acids is 1. The van der Waals surface area contributed by atoms with Crippen LogP contribution in [-0.4, -0.2) is 65.1 Å². The molecule has 2 aromatic heterocycles. The lowest BCUT2D eigenvalue weighted by atomic mass is 10.1. The van der Waals surface area contributed by atoms with Crippen molar-refractivity contribution in [3.05, 3.63) is 46.8 Å². The van der Waals surface area contributed by atoms with Crippen LogP contribution in [0.4, 0.5) is 11.8 Å². The van der Waals surface area contributed by atoms with Crippen LogP contribution in [0.2, 0.25) is 0 Å². The van der Waals surface area contributed by atoms with E-state index in [0.29, 0.717) is 42.2 Å². The fraction of sp³-hybridized carbons (Fsp3) is 0.300. The molecular weight excluding hydrogens is 404 g/mol. The van der Waals surface area contributed by atoms with Gasteiger partial charge in [-0.05, 0) is 12.6 Å². The van der Waals surface area contributed by atoms with E-state index in [2.05, 4.69) is 15.3 Å². The van der Waals surface area contributed by atoms with Crippen molar-refractivity contribution in [3.63, 3.8) is 0 Å². The van der Waals surface area contributed by atoms with Gasteiger partial charge in [0.15, 0.2) is 0 Å². The van der Waals surface area contributed by atoms with Crippen LogP contribution in [0.1, 0.15) is 22.0 Å². The van der Waals surface area contributed by atoms with Gasteiger partial charge in [0, 0.05) is 31.6 Å². The first kappa shape index (κ1) is 20.0. The minimum atomic E-state index is -1.02. The van der Waals surface area contributed by atoms with Gasteiger partial charge < -0.3 is 26.0 Å². The second kappa shape index (κ2) is 8.25. The molecule has 9 nitrogen and oxygen atoms in total. The lowest BCUT2D eigenvalue weighted by molar-refractivity contribution is -0.133. The average Bonchev–Trinajstić information content (AvgIpc) is 3.18. The van der Waals surface area contributed by atoms with Gasteiger partial charge in [-0.25, -0.2) is 9.78 Å². The summed E-state index contributed by atoms with van der Waals surface area (Å²) in [7, 11) is 1.77. The summed E-state index contributed by atoms with van der Waals surface area (Å²) in [5, 5.41) is 14.7. The Balaban J connectivity index is 1.54. The van der Waals surface area contributed by atoms with E-state index < -0.39 is 12.0 Å². The van der Waals surface area contributed by atoms with Crippen LogP contribution in [0, 0.1) is 0 Å². The van der Waals surface area contributed by atoms with E-state index in [1.54, 1.807) is 12.4 Å². The molecule has 1 saturated heterocycles. The number of carboxylic acid groups (broad SMARTS) is 1. The first-order chi connectivity index (χ1) is 14.5. The van der Waals surface area contributed by atoms with Crippen molar-refractivity contribution >= 4 is 45.2 Å². The van der Waals surface area contributed by atoms with Crippen molar-refractivity contribution in [2.75, 3.05) is 43.9 Å². The maximum Gasteiger partial charge on any atom is 0.337 e. The van der Waals surface area contributed by atoms with Crippen molar-refractivity contribution in [2.45, 2.75) is 6.04 Å². The van der Waals surface area contributed by atoms with Gasteiger partial charge in [0.2, 0.25) is 11.9 Å². The summed E-state index contributed by atoms with van der Waals surface area (Å²) in [6, 6.07) is 9.20. The van der Waals surface area contributed by atoms with Crippen molar-refractivity contribution in [1.82, 2.24) is 20.2 Å². The minimum Gasteiger partial charge on any atom is -0.478 e. The second-order valence-electron chi connectivity index (χ2n) is 6.98. The molecule has 1 aromatic carbocycles. The van der Waals surface area contributed by atoms with E-state index in [0.717, 1.165) is 5.56 Å². The number of carbonyl (C=O) groups excluding carboxylic acids is 1. The predicted molar refractivity (Wildman–Crippen MR) is 116 cm³/mol. The summed E-state index contributed by atoms with van der Waals surface area (Å²) in [6.07, 6.45) is 0. The molecule has 0 saturated carbocycles. The molecule has 1 aliphatic heterocycles. The number of piperazine rings is 1. The molecule has 4 rings (SSSR count). The summed E-state index contributed by atoms with van der Waals surface area (Å²) in [4.78, 5) is 37.5. The normalized spacial score (nSPS) is 15.4. The number of thiophene rings is 1. The van der Waals surface area contributed by atoms with E-state index in [9.17, 15) is 14.7 Å². The van der Waals surface area contributed by atoms with Gasteiger partial charge in [-0.3, -0.25) is 4.79 Å². The Bertz CT molecular complexity index is 1080. The van der Waals surface area contributed by atoms with Crippen molar-refractivity contribution in [2.24, 2.45) is 0 Å². The lowest BCUT2D eigenvalue weighted by Gasteiger charge is -2.37. The van der Waals surface area contributed by atoms with Crippen molar-refractivity contribution in [1.29, 1.82) is 0 Å². The number of nitrogens with one attached hydrogen (secondary N) is 1. The molecule has 156 valence electrons. The topological polar surface area (TPSA) is 125 Å². The van der Waals surface area contributed by atoms with E-state index in [4.69, 9.17) is 5.73 Å². The predicted octanol–water partition coefficient (Wildman–Crippen LogP) is 1.58. The fourth-order valence-corrected chi connectivity index (χ4v) is 4.64. The Morgan fingerprint density at radius 2 is 1.87 bits per heavy atom. The first-order valence-corrected chi connectivity index (χ1v) is 10.4. The van der Waals surface area contributed by atoms with Crippen LogP contribution in [0.3, 0.4) is 0 Å². The molecule has 3 heterocycles. The first-order valence-electron chi connectivity index (χ1n) is 9.53. The molecule has 3 aromatic rings. The number of rotatable bonds is 5. The molecule has 1 fully saturated rings. The Kier molecular flexibility index (Phi) is 5.51. The van der Waals surface area contributed by atoms with Gasteiger partial charge >= 0.3 is 5.97 Å². The fourth-order valence-electron chi connectivity index (χ4n) is 3.73. The third kappa shape index (κ3) is 3.66. The van der Waals surface area contributed by atoms with Crippen LogP contribution in [-0.2, 0) is 4.79 Å². The van der Waals surface area contributed by atoms with Crippen LogP contribution in [0.25, 0.3) is 10.2 Å². The highest BCUT2D eigenvalue weighted by Gasteiger charge is 2.29. The largest absolute Gasteiger partial charge is 0.478 e. The Morgan fingerprint density at radius 3 is 2.50 bits per heavy atom.